The van der Waals surface area contributed by atoms with Crippen LogP contribution >= 0.6 is 0 Å². The molecule has 5 nitrogen and oxygen atoms in total. The van der Waals surface area contributed by atoms with Crippen LogP contribution in [0.25, 0.3) is 0 Å². The Balaban J connectivity index is 1.76. The fourth-order valence-corrected chi connectivity index (χ4v) is 2.98. The largest absolute Gasteiger partial charge is 0.353 e. The summed E-state index contributed by atoms with van der Waals surface area (Å²) in [6.07, 6.45) is 0.524. The molecule has 0 aliphatic rings. The summed E-state index contributed by atoms with van der Waals surface area (Å²) in [4.78, 5) is 0. The standard InChI is InChI=1S/C23H34N2O3/c1-4-27-23(28-5-2)15-20-11-13-22(14-12-20)18-25(26)19(3)16-24-17-21-9-7-6-8-10-21/h6-14,19,23-24,26H,4-5,15-18H2,1-3H3. The molecule has 2 aromatic rings. The number of hydrogen-bond acceptors (Lipinski definition) is 5. The molecule has 0 saturated carbocycles. The zero-order valence-corrected chi connectivity index (χ0v) is 17.3. The number of hydroxylamine groups is 2. The summed E-state index contributed by atoms with van der Waals surface area (Å²) in [7, 11) is 0. The molecule has 0 radical (unpaired) electrons. The van der Waals surface area contributed by atoms with Crippen LogP contribution in [0.3, 0.4) is 0 Å². The van der Waals surface area contributed by atoms with E-state index in [0.717, 1.165) is 24.1 Å². The predicted octanol–water partition coefficient (Wildman–Crippen LogP) is 4.00. The Morgan fingerprint density at radius 3 is 2.11 bits per heavy atom. The van der Waals surface area contributed by atoms with E-state index < -0.39 is 0 Å². The molecule has 0 saturated heterocycles. The molecule has 28 heavy (non-hydrogen) atoms. The van der Waals surface area contributed by atoms with Gasteiger partial charge in [-0.25, -0.2) is 0 Å². The average molecular weight is 387 g/mol. The first-order chi connectivity index (χ1) is 13.6. The molecule has 0 fully saturated rings. The number of nitrogens with one attached hydrogen (secondary N) is 1. The van der Waals surface area contributed by atoms with Gasteiger partial charge in [0.05, 0.1) is 0 Å². The van der Waals surface area contributed by atoms with Crippen molar-refractivity contribution < 1.29 is 14.7 Å². The van der Waals surface area contributed by atoms with Gasteiger partial charge < -0.3 is 20.0 Å². The molecule has 1 atom stereocenters. The van der Waals surface area contributed by atoms with Crippen molar-refractivity contribution in [3.05, 3.63) is 71.3 Å². The summed E-state index contributed by atoms with van der Waals surface area (Å²) in [6, 6.07) is 18.6. The van der Waals surface area contributed by atoms with E-state index in [-0.39, 0.29) is 12.3 Å². The molecule has 0 aromatic heterocycles. The van der Waals surface area contributed by atoms with Gasteiger partial charge in [0.1, 0.15) is 0 Å². The van der Waals surface area contributed by atoms with E-state index >= 15 is 0 Å². The molecule has 0 spiro atoms. The van der Waals surface area contributed by atoms with Gasteiger partial charge in [-0.2, -0.15) is 5.06 Å². The second-order valence-corrected chi connectivity index (χ2v) is 6.92. The maximum absolute atomic E-state index is 10.4. The Morgan fingerprint density at radius 1 is 0.893 bits per heavy atom. The molecular formula is C23H34N2O3. The fraction of sp³-hybridized carbons (Fsp3) is 0.478. The quantitative estimate of drug-likeness (QED) is 0.403. The molecular weight excluding hydrogens is 352 g/mol. The Morgan fingerprint density at radius 2 is 1.50 bits per heavy atom. The molecule has 5 heteroatoms. The van der Waals surface area contributed by atoms with Crippen LogP contribution in [-0.2, 0) is 29.0 Å². The highest BCUT2D eigenvalue weighted by Crippen LogP contribution is 2.12. The molecule has 2 rings (SSSR count). The molecule has 0 amide bonds. The first-order valence-electron chi connectivity index (χ1n) is 10.1. The lowest BCUT2D eigenvalue weighted by molar-refractivity contribution is -0.134. The molecule has 0 aliphatic heterocycles. The van der Waals surface area contributed by atoms with Crippen LogP contribution in [0, 0.1) is 0 Å². The Kier molecular flexibility index (Phi) is 10.2. The van der Waals surface area contributed by atoms with Gasteiger partial charge in [-0.3, -0.25) is 0 Å². The molecule has 0 bridgehead atoms. The van der Waals surface area contributed by atoms with Gasteiger partial charge in [0.2, 0.25) is 0 Å². The van der Waals surface area contributed by atoms with Gasteiger partial charge in [-0.05, 0) is 37.5 Å². The Labute approximate surface area is 169 Å². The SMILES string of the molecule is CCOC(Cc1ccc(CN(O)C(C)CNCc2ccccc2)cc1)OCC. The van der Waals surface area contributed by atoms with Gasteiger partial charge in [-0.15, -0.1) is 0 Å². The van der Waals surface area contributed by atoms with Gasteiger partial charge >= 0.3 is 0 Å². The second kappa shape index (κ2) is 12.6. The number of nitrogens with zero attached hydrogens (tertiary/aromatic N) is 1. The number of hydrogen-bond donors (Lipinski definition) is 2. The zero-order valence-electron chi connectivity index (χ0n) is 17.3. The summed E-state index contributed by atoms with van der Waals surface area (Å²) >= 11 is 0. The van der Waals surface area contributed by atoms with Crippen LogP contribution in [-0.4, -0.2) is 42.4 Å². The van der Waals surface area contributed by atoms with Crippen molar-refractivity contribution in [3.8, 4) is 0 Å². The molecule has 2 N–H and O–H groups in total. The maximum Gasteiger partial charge on any atom is 0.161 e. The topological polar surface area (TPSA) is 54.0 Å². The van der Waals surface area contributed by atoms with Gasteiger partial charge in [0.15, 0.2) is 6.29 Å². The maximum atomic E-state index is 10.4. The van der Waals surface area contributed by atoms with Crippen LogP contribution in [0.4, 0.5) is 0 Å². The van der Waals surface area contributed by atoms with Crippen molar-refractivity contribution in [3.63, 3.8) is 0 Å². The summed E-state index contributed by atoms with van der Waals surface area (Å²) < 4.78 is 11.2. The normalized spacial score (nSPS) is 12.6. The van der Waals surface area contributed by atoms with Gasteiger partial charge in [0, 0.05) is 45.3 Å². The van der Waals surface area contributed by atoms with E-state index in [4.69, 9.17) is 9.47 Å². The van der Waals surface area contributed by atoms with E-state index in [1.165, 1.54) is 10.6 Å². The minimum atomic E-state index is -0.203. The third-order valence-corrected chi connectivity index (χ3v) is 4.60. The number of ether oxygens (including phenoxy) is 2. The van der Waals surface area contributed by atoms with Crippen LogP contribution in [0.1, 0.15) is 37.5 Å². The minimum absolute atomic E-state index is 0.0173. The molecule has 2 aromatic carbocycles. The van der Waals surface area contributed by atoms with Crippen molar-refractivity contribution >= 4 is 0 Å². The van der Waals surface area contributed by atoms with Crippen molar-refractivity contribution in [2.24, 2.45) is 0 Å². The predicted molar refractivity (Wildman–Crippen MR) is 112 cm³/mol. The van der Waals surface area contributed by atoms with Crippen LogP contribution in [0.5, 0.6) is 0 Å². The minimum Gasteiger partial charge on any atom is -0.353 e. The summed E-state index contributed by atoms with van der Waals surface area (Å²) in [6.45, 7) is 9.25. The highest BCUT2D eigenvalue weighted by molar-refractivity contribution is 5.23. The third-order valence-electron chi connectivity index (χ3n) is 4.60. The van der Waals surface area contributed by atoms with Crippen LogP contribution in [0.2, 0.25) is 0 Å². The zero-order chi connectivity index (χ0) is 20.2. The van der Waals surface area contributed by atoms with Crippen LogP contribution < -0.4 is 5.32 Å². The number of benzene rings is 2. The highest BCUT2D eigenvalue weighted by atomic mass is 16.7. The van der Waals surface area contributed by atoms with Crippen molar-refractivity contribution in [2.45, 2.75) is 52.6 Å². The Bertz CT molecular complexity index is 643. The monoisotopic (exact) mass is 386 g/mol. The lowest BCUT2D eigenvalue weighted by Gasteiger charge is -2.23. The van der Waals surface area contributed by atoms with Crippen molar-refractivity contribution in [1.82, 2.24) is 10.4 Å². The second-order valence-electron chi connectivity index (χ2n) is 6.92. The van der Waals surface area contributed by atoms with E-state index in [9.17, 15) is 5.21 Å². The molecule has 0 heterocycles. The van der Waals surface area contributed by atoms with Crippen molar-refractivity contribution in [2.75, 3.05) is 19.8 Å². The lowest BCUT2D eigenvalue weighted by atomic mass is 10.1. The molecule has 0 aliphatic carbocycles. The first kappa shape index (κ1) is 22.5. The van der Waals surface area contributed by atoms with Gasteiger partial charge in [-0.1, -0.05) is 54.6 Å². The molecule has 1 unspecified atom stereocenters. The highest BCUT2D eigenvalue weighted by Gasteiger charge is 2.13. The molecule has 154 valence electrons. The smallest absolute Gasteiger partial charge is 0.161 e. The third kappa shape index (κ3) is 8.09. The van der Waals surface area contributed by atoms with Crippen LogP contribution in [0.15, 0.2) is 54.6 Å². The van der Waals surface area contributed by atoms with E-state index in [1.54, 1.807) is 0 Å². The van der Waals surface area contributed by atoms with Gasteiger partial charge in [0.25, 0.3) is 0 Å². The Hall–Kier alpha value is -1.76. The summed E-state index contributed by atoms with van der Waals surface area (Å²) in [5, 5.41) is 15.2. The van der Waals surface area contributed by atoms with E-state index in [0.29, 0.717) is 26.3 Å². The first-order valence-corrected chi connectivity index (χ1v) is 10.1. The van der Waals surface area contributed by atoms with Crippen molar-refractivity contribution in [1.29, 1.82) is 0 Å². The average Bonchev–Trinajstić information content (AvgIpc) is 2.70. The summed E-state index contributed by atoms with van der Waals surface area (Å²) in [5.41, 5.74) is 3.48. The lowest BCUT2D eigenvalue weighted by Crippen LogP contribution is -2.37. The van der Waals surface area contributed by atoms with E-state index in [2.05, 4.69) is 41.7 Å². The fourth-order valence-electron chi connectivity index (χ4n) is 2.98. The summed E-state index contributed by atoms with van der Waals surface area (Å²) in [5.74, 6) is 0. The number of rotatable bonds is 13. The van der Waals surface area contributed by atoms with E-state index in [1.807, 2.05) is 39.0 Å².